The highest BCUT2D eigenvalue weighted by atomic mass is 15.1. The summed E-state index contributed by atoms with van der Waals surface area (Å²) in [6, 6.07) is 0. The number of hydrogen-bond donors (Lipinski definition) is 2. The van der Waals surface area contributed by atoms with Crippen molar-refractivity contribution < 1.29 is 0 Å². The zero-order chi connectivity index (χ0) is 16.8. The largest absolute Gasteiger partial charge is 0.307 e. The second-order valence-electron chi connectivity index (χ2n) is 10.9. The van der Waals surface area contributed by atoms with Crippen molar-refractivity contribution in [2.75, 3.05) is 0 Å². The molecule has 2 saturated heterocycles. The molecule has 0 amide bonds. The van der Waals surface area contributed by atoms with Crippen molar-refractivity contribution in [3.8, 4) is 0 Å². The third-order valence-corrected chi connectivity index (χ3v) is 5.53. The molecule has 22 heavy (non-hydrogen) atoms. The van der Waals surface area contributed by atoms with Crippen molar-refractivity contribution in [3.63, 3.8) is 0 Å². The van der Waals surface area contributed by atoms with Crippen LogP contribution in [0.1, 0.15) is 93.9 Å². The number of hydrogen-bond acceptors (Lipinski definition) is 2. The van der Waals surface area contributed by atoms with Gasteiger partial charge in [0.05, 0.1) is 0 Å². The van der Waals surface area contributed by atoms with E-state index in [1.807, 2.05) is 0 Å². The van der Waals surface area contributed by atoms with E-state index < -0.39 is 0 Å². The molecular weight excluding hydrogens is 268 g/mol. The van der Waals surface area contributed by atoms with Gasteiger partial charge in [-0.25, -0.2) is 0 Å². The molecule has 0 aromatic carbocycles. The van der Waals surface area contributed by atoms with Crippen LogP contribution in [0.15, 0.2) is 0 Å². The molecule has 0 unspecified atom stereocenters. The van der Waals surface area contributed by atoms with Gasteiger partial charge < -0.3 is 10.6 Å². The van der Waals surface area contributed by atoms with Gasteiger partial charge in [-0.15, -0.1) is 0 Å². The van der Waals surface area contributed by atoms with Crippen LogP contribution in [-0.2, 0) is 0 Å². The van der Waals surface area contributed by atoms with E-state index in [0.29, 0.717) is 22.2 Å². The van der Waals surface area contributed by atoms with Crippen LogP contribution in [-0.4, -0.2) is 22.2 Å². The summed E-state index contributed by atoms with van der Waals surface area (Å²) >= 11 is 0. The molecule has 2 aliphatic heterocycles. The molecule has 2 aliphatic rings. The smallest absolute Gasteiger partial charge is 0.0132 e. The number of nitrogens with one attached hydrogen (secondary N) is 2. The minimum absolute atomic E-state index is 0.291. The predicted molar refractivity (Wildman–Crippen MR) is 97.3 cm³/mol. The summed E-state index contributed by atoms with van der Waals surface area (Å²) in [5, 5.41) is 7.63. The molecule has 2 N–H and O–H groups in total. The molecule has 130 valence electrons. The lowest BCUT2D eigenvalue weighted by atomic mass is 9.70. The van der Waals surface area contributed by atoms with Crippen LogP contribution in [0.5, 0.6) is 0 Å². The van der Waals surface area contributed by atoms with Crippen molar-refractivity contribution in [2.45, 2.75) is 116 Å². The fourth-order valence-corrected chi connectivity index (χ4v) is 5.95. The van der Waals surface area contributed by atoms with Gasteiger partial charge in [0.1, 0.15) is 0 Å². The zero-order valence-corrected chi connectivity index (χ0v) is 16.4. The summed E-state index contributed by atoms with van der Waals surface area (Å²) < 4.78 is 0. The van der Waals surface area contributed by atoms with Crippen LogP contribution in [0.25, 0.3) is 0 Å². The normalized spacial score (nSPS) is 31.1. The molecule has 0 bridgehead atoms. The maximum Gasteiger partial charge on any atom is 0.0132 e. The molecule has 0 spiro atoms. The van der Waals surface area contributed by atoms with E-state index in [9.17, 15) is 0 Å². The van der Waals surface area contributed by atoms with E-state index >= 15 is 0 Å². The maximum atomic E-state index is 3.82. The zero-order valence-electron chi connectivity index (χ0n) is 16.4. The first-order valence-electron chi connectivity index (χ1n) is 9.36. The van der Waals surface area contributed by atoms with E-state index in [-0.39, 0.29) is 0 Å². The first-order valence-corrected chi connectivity index (χ1v) is 9.36. The van der Waals surface area contributed by atoms with Gasteiger partial charge in [0, 0.05) is 22.2 Å². The third kappa shape index (κ3) is 5.23. The Morgan fingerprint density at radius 1 is 0.545 bits per heavy atom. The predicted octanol–water partition coefficient (Wildman–Crippen LogP) is 4.88. The van der Waals surface area contributed by atoms with E-state index in [2.05, 4.69) is 66.0 Å². The minimum atomic E-state index is 0.291. The third-order valence-electron chi connectivity index (χ3n) is 5.53. The summed E-state index contributed by atoms with van der Waals surface area (Å²) in [7, 11) is 0. The molecule has 2 nitrogen and oxygen atoms in total. The van der Waals surface area contributed by atoms with Crippen molar-refractivity contribution in [3.05, 3.63) is 0 Å². The molecule has 0 aliphatic carbocycles. The SMILES string of the molecule is CC1(C)CC(CCC2CC(C)(C)NC(C)(C)C2)CC(C)(C)N1. The Bertz CT molecular complexity index is 323. The van der Waals surface area contributed by atoms with E-state index in [1.54, 1.807) is 0 Å². The maximum absolute atomic E-state index is 3.82. The van der Waals surface area contributed by atoms with Crippen LogP contribution in [0.4, 0.5) is 0 Å². The Kier molecular flexibility index (Phi) is 4.79. The van der Waals surface area contributed by atoms with E-state index in [0.717, 1.165) is 11.8 Å². The summed E-state index contributed by atoms with van der Waals surface area (Å²) in [6.07, 6.45) is 8.13. The van der Waals surface area contributed by atoms with Gasteiger partial charge in [0.25, 0.3) is 0 Å². The van der Waals surface area contributed by atoms with Crippen LogP contribution in [0, 0.1) is 11.8 Å². The van der Waals surface area contributed by atoms with Gasteiger partial charge in [-0.1, -0.05) is 12.8 Å². The van der Waals surface area contributed by atoms with Crippen LogP contribution in [0.2, 0.25) is 0 Å². The lowest BCUT2D eigenvalue weighted by Crippen LogP contribution is -2.58. The first kappa shape index (κ1) is 18.3. The highest BCUT2D eigenvalue weighted by Gasteiger charge is 2.40. The molecular formula is C20H40N2. The average molecular weight is 309 g/mol. The molecule has 0 saturated carbocycles. The molecule has 0 radical (unpaired) electrons. The van der Waals surface area contributed by atoms with E-state index in [1.165, 1.54) is 38.5 Å². The van der Waals surface area contributed by atoms with Crippen LogP contribution < -0.4 is 10.6 Å². The van der Waals surface area contributed by atoms with Gasteiger partial charge in [0.15, 0.2) is 0 Å². The molecule has 0 aromatic rings. The van der Waals surface area contributed by atoms with Crippen LogP contribution in [0.3, 0.4) is 0 Å². The van der Waals surface area contributed by atoms with Gasteiger partial charge in [-0.2, -0.15) is 0 Å². The van der Waals surface area contributed by atoms with Gasteiger partial charge in [0.2, 0.25) is 0 Å². The summed E-state index contributed by atoms with van der Waals surface area (Å²) in [6.45, 7) is 19.0. The second-order valence-corrected chi connectivity index (χ2v) is 10.9. The van der Waals surface area contributed by atoms with Gasteiger partial charge in [-0.3, -0.25) is 0 Å². The van der Waals surface area contributed by atoms with Crippen molar-refractivity contribution >= 4 is 0 Å². The highest BCUT2D eigenvalue weighted by molar-refractivity contribution is 4.99. The first-order chi connectivity index (χ1) is 9.78. The molecule has 0 atom stereocenters. The van der Waals surface area contributed by atoms with E-state index in [4.69, 9.17) is 0 Å². The summed E-state index contributed by atoms with van der Waals surface area (Å²) in [5.74, 6) is 1.76. The fraction of sp³-hybridized carbons (Fsp3) is 1.00. The van der Waals surface area contributed by atoms with Gasteiger partial charge in [-0.05, 0) is 92.9 Å². The van der Waals surface area contributed by atoms with Crippen molar-refractivity contribution in [2.24, 2.45) is 11.8 Å². The topological polar surface area (TPSA) is 24.1 Å². The Labute approximate surface area is 139 Å². The Balaban J connectivity index is 1.92. The monoisotopic (exact) mass is 308 g/mol. The minimum Gasteiger partial charge on any atom is -0.307 e. The van der Waals surface area contributed by atoms with Crippen LogP contribution >= 0.6 is 0 Å². The summed E-state index contributed by atoms with van der Waals surface area (Å²) in [5.41, 5.74) is 1.16. The van der Waals surface area contributed by atoms with Crippen molar-refractivity contribution in [1.82, 2.24) is 10.6 Å². The Morgan fingerprint density at radius 3 is 1.00 bits per heavy atom. The molecule has 0 aromatic heterocycles. The molecule has 2 heterocycles. The number of piperidine rings is 2. The quantitative estimate of drug-likeness (QED) is 0.776. The lowest BCUT2D eigenvalue weighted by Gasteiger charge is -2.48. The Morgan fingerprint density at radius 2 is 0.773 bits per heavy atom. The Hall–Kier alpha value is -0.0800. The standard InChI is InChI=1S/C20H40N2/c1-17(2)11-15(12-18(3,4)21-17)9-10-16-13-19(5,6)22-20(7,8)14-16/h15-16,21-22H,9-14H2,1-8H3. The number of rotatable bonds is 3. The molecule has 2 heteroatoms. The fourth-order valence-electron chi connectivity index (χ4n) is 5.95. The lowest BCUT2D eigenvalue weighted by molar-refractivity contribution is 0.0949. The van der Waals surface area contributed by atoms with Crippen molar-refractivity contribution in [1.29, 1.82) is 0 Å². The average Bonchev–Trinajstić information content (AvgIpc) is 2.17. The molecule has 2 fully saturated rings. The molecule has 2 rings (SSSR count). The van der Waals surface area contributed by atoms with Gasteiger partial charge >= 0.3 is 0 Å². The highest BCUT2D eigenvalue weighted by Crippen LogP contribution is 2.39. The second kappa shape index (κ2) is 5.77. The summed E-state index contributed by atoms with van der Waals surface area (Å²) in [4.78, 5) is 0.